The Bertz CT molecular complexity index is 348. The first-order valence-corrected chi connectivity index (χ1v) is 5.46. The number of phenolic OH excluding ortho intramolecular Hbond substituents is 1. The Morgan fingerprint density at radius 1 is 1.20 bits per heavy atom. The fourth-order valence-corrected chi connectivity index (χ4v) is 1.96. The van der Waals surface area contributed by atoms with Crippen molar-refractivity contribution in [3.63, 3.8) is 0 Å². The van der Waals surface area contributed by atoms with E-state index in [2.05, 4.69) is 16.8 Å². The van der Waals surface area contributed by atoms with E-state index < -0.39 is 0 Å². The molecule has 2 rings (SSSR count). The number of hydrogen-bond donors (Lipinski definition) is 1. The molecular weight excluding hydrogens is 212 g/mol. The Morgan fingerprint density at radius 2 is 1.87 bits per heavy atom. The molecule has 0 radical (unpaired) electrons. The highest BCUT2D eigenvalue weighted by Crippen LogP contribution is 2.30. The first-order chi connectivity index (χ1) is 7.16. The van der Waals surface area contributed by atoms with Gasteiger partial charge in [0.1, 0.15) is 5.75 Å². The average Bonchev–Trinajstić information content (AvgIpc) is 2.23. The van der Waals surface area contributed by atoms with Crippen LogP contribution in [-0.4, -0.2) is 43.2 Å². The van der Waals surface area contributed by atoms with Gasteiger partial charge in [-0.15, -0.1) is 0 Å². The number of aromatic hydroxyl groups is 1. The summed E-state index contributed by atoms with van der Waals surface area (Å²) in [4.78, 5) is 4.44. The van der Waals surface area contributed by atoms with Gasteiger partial charge in [0.25, 0.3) is 0 Å². The first-order valence-electron chi connectivity index (χ1n) is 5.09. The van der Waals surface area contributed by atoms with Crippen molar-refractivity contribution in [3.8, 4) is 5.75 Å². The minimum Gasteiger partial charge on any atom is -0.506 e. The average molecular weight is 227 g/mol. The van der Waals surface area contributed by atoms with Gasteiger partial charge in [0.2, 0.25) is 0 Å². The summed E-state index contributed by atoms with van der Waals surface area (Å²) < 4.78 is 0. The molecule has 0 bridgehead atoms. The van der Waals surface area contributed by atoms with E-state index in [0.29, 0.717) is 10.8 Å². The van der Waals surface area contributed by atoms with Gasteiger partial charge in [0.05, 0.1) is 5.69 Å². The van der Waals surface area contributed by atoms with Crippen molar-refractivity contribution in [2.24, 2.45) is 0 Å². The Labute approximate surface area is 94.9 Å². The van der Waals surface area contributed by atoms with Crippen LogP contribution >= 0.6 is 11.6 Å². The number of anilines is 1. The molecule has 1 N–H and O–H groups in total. The number of piperazine rings is 1. The number of benzene rings is 1. The molecule has 1 saturated heterocycles. The van der Waals surface area contributed by atoms with Crippen molar-refractivity contribution in [2.75, 3.05) is 38.1 Å². The number of rotatable bonds is 1. The molecule has 0 aliphatic carbocycles. The van der Waals surface area contributed by atoms with Crippen LogP contribution in [0.25, 0.3) is 0 Å². The maximum Gasteiger partial charge on any atom is 0.138 e. The number of likely N-dealkylation sites (N-methyl/N-ethyl adjacent to an activating group) is 1. The highest BCUT2D eigenvalue weighted by molar-refractivity contribution is 6.30. The zero-order valence-electron chi connectivity index (χ0n) is 8.78. The molecule has 1 aromatic carbocycles. The molecule has 4 heteroatoms. The van der Waals surface area contributed by atoms with E-state index in [-0.39, 0.29) is 0 Å². The SMILES string of the molecule is CN1CCN(c2cc(Cl)ccc2O)CC1. The molecule has 1 heterocycles. The molecule has 0 aromatic heterocycles. The Kier molecular flexibility index (Phi) is 3.03. The number of nitrogens with zero attached hydrogens (tertiary/aromatic N) is 2. The smallest absolute Gasteiger partial charge is 0.138 e. The summed E-state index contributed by atoms with van der Waals surface area (Å²) in [7, 11) is 2.11. The zero-order valence-corrected chi connectivity index (χ0v) is 9.54. The molecule has 1 aliphatic rings. The quantitative estimate of drug-likeness (QED) is 0.791. The van der Waals surface area contributed by atoms with E-state index in [9.17, 15) is 5.11 Å². The molecule has 0 unspecified atom stereocenters. The minimum absolute atomic E-state index is 0.309. The molecule has 15 heavy (non-hydrogen) atoms. The van der Waals surface area contributed by atoms with Gasteiger partial charge in [-0.3, -0.25) is 0 Å². The Hall–Kier alpha value is -0.930. The van der Waals surface area contributed by atoms with Crippen molar-refractivity contribution in [2.45, 2.75) is 0 Å². The van der Waals surface area contributed by atoms with Crippen LogP contribution in [0.15, 0.2) is 18.2 Å². The maximum atomic E-state index is 9.74. The van der Waals surface area contributed by atoms with Gasteiger partial charge < -0.3 is 14.9 Å². The van der Waals surface area contributed by atoms with Crippen LogP contribution in [-0.2, 0) is 0 Å². The summed E-state index contributed by atoms with van der Waals surface area (Å²) in [5, 5.41) is 10.4. The monoisotopic (exact) mass is 226 g/mol. The van der Waals surface area contributed by atoms with Crippen LogP contribution in [0, 0.1) is 0 Å². The van der Waals surface area contributed by atoms with E-state index in [4.69, 9.17) is 11.6 Å². The number of hydrogen-bond acceptors (Lipinski definition) is 3. The fraction of sp³-hybridized carbons (Fsp3) is 0.455. The standard InChI is InChI=1S/C11H15ClN2O/c1-13-4-6-14(7-5-13)10-8-9(12)2-3-11(10)15/h2-3,8,15H,4-7H2,1H3. The molecular formula is C11H15ClN2O. The van der Waals surface area contributed by atoms with Crippen molar-refractivity contribution < 1.29 is 5.11 Å². The number of phenols is 1. The van der Waals surface area contributed by atoms with E-state index in [0.717, 1.165) is 31.9 Å². The second-order valence-electron chi connectivity index (χ2n) is 3.92. The lowest BCUT2D eigenvalue weighted by Gasteiger charge is -2.34. The molecule has 3 nitrogen and oxygen atoms in total. The molecule has 0 spiro atoms. The molecule has 0 saturated carbocycles. The summed E-state index contributed by atoms with van der Waals surface area (Å²) in [6.45, 7) is 3.91. The minimum atomic E-state index is 0.309. The Morgan fingerprint density at radius 3 is 2.53 bits per heavy atom. The second kappa shape index (κ2) is 4.29. The number of halogens is 1. The zero-order chi connectivity index (χ0) is 10.8. The lowest BCUT2D eigenvalue weighted by Crippen LogP contribution is -2.44. The summed E-state index contributed by atoms with van der Waals surface area (Å²) in [6.07, 6.45) is 0. The molecule has 0 amide bonds. The molecule has 82 valence electrons. The van der Waals surface area contributed by atoms with Gasteiger partial charge in [-0.05, 0) is 25.2 Å². The van der Waals surface area contributed by atoms with Gasteiger partial charge in [-0.1, -0.05) is 11.6 Å². The topological polar surface area (TPSA) is 26.7 Å². The van der Waals surface area contributed by atoms with Crippen molar-refractivity contribution in [3.05, 3.63) is 23.2 Å². The van der Waals surface area contributed by atoms with Gasteiger partial charge in [0, 0.05) is 31.2 Å². The van der Waals surface area contributed by atoms with Gasteiger partial charge >= 0.3 is 0 Å². The van der Waals surface area contributed by atoms with Gasteiger partial charge in [-0.25, -0.2) is 0 Å². The molecule has 1 aliphatic heterocycles. The predicted molar refractivity (Wildman–Crippen MR) is 62.8 cm³/mol. The molecule has 1 fully saturated rings. The Balaban J connectivity index is 2.18. The van der Waals surface area contributed by atoms with Gasteiger partial charge in [0.15, 0.2) is 0 Å². The van der Waals surface area contributed by atoms with Crippen molar-refractivity contribution >= 4 is 17.3 Å². The third kappa shape index (κ3) is 2.36. The van der Waals surface area contributed by atoms with Crippen molar-refractivity contribution in [1.29, 1.82) is 0 Å². The molecule has 0 atom stereocenters. The van der Waals surface area contributed by atoms with Crippen LogP contribution in [0.4, 0.5) is 5.69 Å². The van der Waals surface area contributed by atoms with Crippen LogP contribution in [0.5, 0.6) is 5.75 Å². The lowest BCUT2D eigenvalue weighted by atomic mass is 10.2. The maximum absolute atomic E-state index is 9.74. The van der Waals surface area contributed by atoms with Crippen LogP contribution in [0.3, 0.4) is 0 Å². The van der Waals surface area contributed by atoms with E-state index in [1.54, 1.807) is 12.1 Å². The predicted octanol–water partition coefficient (Wildman–Crippen LogP) is 1.80. The van der Waals surface area contributed by atoms with Crippen LogP contribution in [0.2, 0.25) is 5.02 Å². The third-order valence-electron chi connectivity index (χ3n) is 2.78. The summed E-state index contributed by atoms with van der Waals surface area (Å²) in [5.74, 6) is 0.309. The fourth-order valence-electron chi connectivity index (χ4n) is 1.80. The highest BCUT2D eigenvalue weighted by atomic mass is 35.5. The summed E-state index contributed by atoms with van der Waals surface area (Å²) in [6, 6.07) is 5.18. The molecule has 1 aromatic rings. The highest BCUT2D eigenvalue weighted by Gasteiger charge is 2.16. The largest absolute Gasteiger partial charge is 0.506 e. The van der Waals surface area contributed by atoms with E-state index in [1.807, 2.05) is 6.07 Å². The van der Waals surface area contributed by atoms with E-state index in [1.165, 1.54) is 0 Å². The van der Waals surface area contributed by atoms with Crippen LogP contribution in [0.1, 0.15) is 0 Å². The van der Waals surface area contributed by atoms with E-state index >= 15 is 0 Å². The van der Waals surface area contributed by atoms with Crippen molar-refractivity contribution in [1.82, 2.24) is 4.90 Å². The van der Waals surface area contributed by atoms with Crippen LogP contribution < -0.4 is 4.90 Å². The normalized spacial score (nSPS) is 18.1. The summed E-state index contributed by atoms with van der Waals surface area (Å²) >= 11 is 5.92. The first kappa shape index (κ1) is 10.6. The third-order valence-corrected chi connectivity index (χ3v) is 3.02. The lowest BCUT2D eigenvalue weighted by molar-refractivity contribution is 0.311. The van der Waals surface area contributed by atoms with Gasteiger partial charge in [-0.2, -0.15) is 0 Å². The second-order valence-corrected chi connectivity index (χ2v) is 4.36. The summed E-state index contributed by atoms with van der Waals surface area (Å²) in [5.41, 5.74) is 0.843.